The van der Waals surface area contributed by atoms with Gasteiger partial charge in [0.1, 0.15) is 0 Å². The molecular weight excluding hydrogens is 278 g/mol. The Morgan fingerprint density at radius 1 is 1.18 bits per heavy atom. The Morgan fingerprint density at radius 2 is 1.71 bits per heavy atom. The molecule has 0 aromatic heterocycles. The minimum atomic E-state index is 0.0303. The van der Waals surface area contributed by atoms with Gasteiger partial charge in [0.05, 0.1) is 10.2 Å². The van der Waals surface area contributed by atoms with E-state index in [4.69, 9.17) is 5.73 Å². The zero-order valence-corrected chi connectivity index (χ0v) is 12.9. The molecule has 0 heterocycles. The summed E-state index contributed by atoms with van der Waals surface area (Å²) in [5, 5.41) is 9.66. The molecule has 0 aliphatic carbocycles. The van der Waals surface area contributed by atoms with E-state index in [0.29, 0.717) is 10.2 Å². The molecule has 0 atom stereocenters. The first-order chi connectivity index (χ1) is 7.53. The number of nitrogens with two attached hydrogens (primary N) is 1. The maximum absolute atomic E-state index is 9.66. The number of anilines is 1. The molecular formula is C14H22BrNO. The summed E-state index contributed by atoms with van der Waals surface area (Å²) in [4.78, 5) is 0. The SMILES string of the molecule is CC(C)(C)CC(C)(C)c1cc(N)c(O)c(Br)c1. The van der Waals surface area contributed by atoms with Gasteiger partial charge in [0.15, 0.2) is 5.75 Å². The monoisotopic (exact) mass is 299 g/mol. The van der Waals surface area contributed by atoms with Gasteiger partial charge in [-0.05, 0) is 50.9 Å². The highest BCUT2D eigenvalue weighted by Crippen LogP contribution is 2.40. The summed E-state index contributed by atoms with van der Waals surface area (Å²) in [6.45, 7) is 11.1. The summed E-state index contributed by atoms with van der Waals surface area (Å²) >= 11 is 3.34. The van der Waals surface area contributed by atoms with Crippen LogP contribution >= 0.6 is 15.9 Å². The summed E-state index contributed by atoms with van der Waals surface area (Å²) in [6.07, 6.45) is 1.05. The van der Waals surface area contributed by atoms with Crippen LogP contribution in [0.25, 0.3) is 0 Å². The summed E-state index contributed by atoms with van der Waals surface area (Å²) in [7, 11) is 0. The predicted octanol–water partition coefficient (Wildman–Crippen LogP) is 4.45. The van der Waals surface area contributed by atoms with Crippen LogP contribution in [-0.2, 0) is 5.41 Å². The fourth-order valence-electron chi connectivity index (χ4n) is 2.44. The highest BCUT2D eigenvalue weighted by atomic mass is 79.9. The third kappa shape index (κ3) is 3.63. The lowest BCUT2D eigenvalue weighted by Crippen LogP contribution is -2.25. The van der Waals surface area contributed by atoms with Crippen molar-refractivity contribution in [1.82, 2.24) is 0 Å². The lowest BCUT2D eigenvalue weighted by atomic mass is 9.72. The molecule has 0 aliphatic rings. The molecule has 0 fully saturated rings. The zero-order chi connectivity index (χ0) is 13.4. The maximum atomic E-state index is 9.66. The van der Waals surface area contributed by atoms with Crippen molar-refractivity contribution < 1.29 is 5.11 Å². The Labute approximate surface area is 112 Å². The Kier molecular flexibility index (Phi) is 3.82. The van der Waals surface area contributed by atoms with Gasteiger partial charge < -0.3 is 10.8 Å². The fraction of sp³-hybridized carbons (Fsp3) is 0.571. The quantitative estimate of drug-likeness (QED) is 0.626. The minimum absolute atomic E-state index is 0.0303. The summed E-state index contributed by atoms with van der Waals surface area (Å²) in [6, 6.07) is 3.82. The van der Waals surface area contributed by atoms with Crippen LogP contribution in [-0.4, -0.2) is 5.11 Å². The number of hydrogen-bond donors (Lipinski definition) is 2. The average Bonchev–Trinajstić information content (AvgIpc) is 2.09. The van der Waals surface area contributed by atoms with Crippen LogP contribution in [0, 0.1) is 5.41 Å². The lowest BCUT2D eigenvalue weighted by molar-refractivity contribution is 0.284. The average molecular weight is 300 g/mol. The molecule has 3 heteroatoms. The van der Waals surface area contributed by atoms with Crippen LogP contribution in [0.4, 0.5) is 5.69 Å². The van der Waals surface area contributed by atoms with E-state index >= 15 is 0 Å². The zero-order valence-electron chi connectivity index (χ0n) is 11.3. The van der Waals surface area contributed by atoms with E-state index in [0.717, 1.165) is 12.0 Å². The molecule has 1 aromatic rings. The number of aromatic hydroxyl groups is 1. The minimum Gasteiger partial charge on any atom is -0.505 e. The Hall–Kier alpha value is -0.700. The molecule has 2 nitrogen and oxygen atoms in total. The van der Waals surface area contributed by atoms with Crippen molar-refractivity contribution in [1.29, 1.82) is 0 Å². The van der Waals surface area contributed by atoms with E-state index in [2.05, 4.69) is 50.5 Å². The summed E-state index contributed by atoms with van der Waals surface area (Å²) in [5.41, 5.74) is 7.66. The van der Waals surface area contributed by atoms with E-state index in [1.54, 1.807) is 0 Å². The van der Waals surface area contributed by atoms with Gasteiger partial charge in [-0.15, -0.1) is 0 Å². The van der Waals surface area contributed by atoms with Gasteiger partial charge in [0.25, 0.3) is 0 Å². The van der Waals surface area contributed by atoms with E-state index in [9.17, 15) is 5.11 Å². The lowest BCUT2D eigenvalue weighted by Gasteiger charge is -2.33. The van der Waals surface area contributed by atoms with Crippen molar-refractivity contribution >= 4 is 21.6 Å². The number of rotatable bonds is 2. The Bertz CT molecular complexity index is 396. The van der Waals surface area contributed by atoms with Crippen molar-refractivity contribution in [2.24, 2.45) is 5.41 Å². The normalized spacial score (nSPS) is 12.8. The van der Waals surface area contributed by atoms with Crippen LogP contribution in [0.15, 0.2) is 16.6 Å². The number of hydrogen-bond acceptors (Lipinski definition) is 2. The Morgan fingerprint density at radius 3 is 2.12 bits per heavy atom. The predicted molar refractivity (Wildman–Crippen MR) is 77.3 cm³/mol. The van der Waals surface area contributed by atoms with E-state index < -0.39 is 0 Å². The molecule has 0 bridgehead atoms. The van der Waals surface area contributed by atoms with Gasteiger partial charge in [-0.1, -0.05) is 34.6 Å². The van der Waals surface area contributed by atoms with E-state index in [1.165, 1.54) is 0 Å². The van der Waals surface area contributed by atoms with Gasteiger partial charge >= 0.3 is 0 Å². The standard InChI is InChI=1S/C14H22BrNO/c1-13(2,3)8-14(4,5)9-6-10(15)12(17)11(16)7-9/h6-7,17H,8,16H2,1-5H3. The smallest absolute Gasteiger partial charge is 0.152 e. The molecule has 0 amide bonds. The largest absolute Gasteiger partial charge is 0.505 e. The van der Waals surface area contributed by atoms with E-state index in [-0.39, 0.29) is 16.6 Å². The first-order valence-corrected chi connectivity index (χ1v) is 6.61. The second-order valence-corrected chi connectivity index (χ2v) is 7.37. The van der Waals surface area contributed by atoms with Crippen molar-refractivity contribution in [3.8, 4) is 5.75 Å². The van der Waals surface area contributed by atoms with Gasteiger partial charge in [-0.2, -0.15) is 0 Å². The Balaban J connectivity index is 3.16. The molecule has 1 rings (SSSR count). The van der Waals surface area contributed by atoms with Gasteiger partial charge in [0, 0.05) is 0 Å². The number of halogens is 1. The van der Waals surface area contributed by atoms with Gasteiger partial charge in [0.2, 0.25) is 0 Å². The second kappa shape index (κ2) is 4.52. The van der Waals surface area contributed by atoms with Gasteiger partial charge in [-0.3, -0.25) is 0 Å². The molecule has 0 saturated carbocycles. The first-order valence-electron chi connectivity index (χ1n) is 5.81. The number of phenols is 1. The van der Waals surface area contributed by atoms with Crippen molar-refractivity contribution in [3.05, 3.63) is 22.2 Å². The molecule has 0 aliphatic heterocycles. The highest BCUT2D eigenvalue weighted by molar-refractivity contribution is 9.10. The van der Waals surface area contributed by atoms with Crippen molar-refractivity contribution in [3.63, 3.8) is 0 Å². The molecule has 0 unspecified atom stereocenters. The fourth-order valence-corrected chi connectivity index (χ4v) is 2.91. The number of benzene rings is 1. The van der Waals surface area contributed by atoms with Crippen LogP contribution in [0.1, 0.15) is 46.6 Å². The maximum Gasteiger partial charge on any atom is 0.152 e. The van der Waals surface area contributed by atoms with Crippen molar-refractivity contribution in [2.75, 3.05) is 5.73 Å². The summed E-state index contributed by atoms with van der Waals surface area (Å²) < 4.78 is 0.662. The molecule has 3 N–H and O–H groups in total. The van der Waals surface area contributed by atoms with Crippen LogP contribution < -0.4 is 5.73 Å². The number of nitrogen functional groups attached to an aromatic ring is 1. The highest BCUT2D eigenvalue weighted by Gasteiger charge is 2.28. The number of phenolic OH excluding ortho intramolecular Hbond substituents is 1. The topological polar surface area (TPSA) is 46.2 Å². The van der Waals surface area contributed by atoms with Gasteiger partial charge in [-0.25, -0.2) is 0 Å². The molecule has 0 saturated heterocycles. The second-order valence-electron chi connectivity index (χ2n) is 6.52. The van der Waals surface area contributed by atoms with Crippen LogP contribution in [0.5, 0.6) is 5.75 Å². The third-order valence-corrected chi connectivity index (χ3v) is 3.45. The molecule has 0 spiro atoms. The van der Waals surface area contributed by atoms with Crippen LogP contribution in [0.3, 0.4) is 0 Å². The molecule has 1 aromatic carbocycles. The molecule has 17 heavy (non-hydrogen) atoms. The third-order valence-electron chi connectivity index (χ3n) is 2.85. The van der Waals surface area contributed by atoms with E-state index in [1.807, 2.05) is 12.1 Å². The molecule has 96 valence electrons. The summed E-state index contributed by atoms with van der Waals surface area (Å²) in [5.74, 6) is 0.125. The van der Waals surface area contributed by atoms with Crippen LogP contribution in [0.2, 0.25) is 0 Å². The molecule has 0 radical (unpaired) electrons. The first kappa shape index (κ1) is 14.4. The van der Waals surface area contributed by atoms with Crippen molar-refractivity contribution in [2.45, 2.75) is 46.5 Å².